The molecule has 1 amide bonds. The summed E-state index contributed by atoms with van der Waals surface area (Å²) in [6, 6.07) is 5.53. The number of halogens is 1. The molecule has 2 atom stereocenters. The molecule has 1 aromatic rings. The number of nitrogens with zero attached hydrogens (tertiary/aromatic N) is 1. The molecule has 2 heterocycles. The number of benzene rings is 1. The van der Waals surface area contributed by atoms with Crippen LogP contribution in [0.2, 0.25) is 0 Å². The average Bonchev–Trinajstić information content (AvgIpc) is 2.53. The van der Waals surface area contributed by atoms with Crippen LogP contribution in [0.1, 0.15) is 30.1 Å². The van der Waals surface area contributed by atoms with E-state index in [1.807, 2.05) is 24.0 Å². The molecule has 2 aliphatic heterocycles. The Balaban J connectivity index is 0.00000176. The van der Waals surface area contributed by atoms with Crippen molar-refractivity contribution in [1.82, 2.24) is 4.90 Å². The van der Waals surface area contributed by atoms with Gasteiger partial charge in [0, 0.05) is 24.7 Å². The number of carbonyl (C=O) groups is 1. The van der Waals surface area contributed by atoms with E-state index in [1.54, 1.807) is 6.07 Å². The summed E-state index contributed by atoms with van der Waals surface area (Å²) in [7, 11) is 0. The first-order valence-electron chi connectivity index (χ1n) is 7.59. The van der Waals surface area contributed by atoms with E-state index in [2.05, 4.69) is 0 Å². The molecule has 2 N–H and O–H groups in total. The lowest BCUT2D eigenvalue weighted by Crippen LogP contribution is -2.45. The zero-order valence-corrected chi connectivity index (χ0v) is 13.6. The van der Waals surface area contributed by atoms with E-state index in [0.717, 1.165) is 25.9 Å². The standard InChI is InChI=1S/C16H22N2O3.ClH/c1-11(17)13-3-2-6-18(10-13)16(19)12-4-5-14-15(9-12)21-8-7-20-14;/h4-5,9,11,13H,2-3,6-8,10,17H2,1H3;1H. The summed E-state index contributed by atoms with van der Waals surface area (Å²) in [6.07, 6.45) is 2.12. The molecule has 2 aliphatic rings. The molecule has 0 radical (unpaired) electrons. The predicted octanol–water partition coefficient (Wildman–Crippen LogP) is 2.08. The Bertz CT molecular complexity index is 536. The molecule has 0 aliphatic carbocycles. The lowest BCUT2D eigenvalue weighted by atomic mass is 9.92. The molecule has 0 saturated carbocycles. The van der Waals surface area contributed by atoms with Crippen molar-refractivity contribution in [2.75, 3.05) is 26.3 Å². The minimum Gasteiger partial charge on any atom is -0.486 e. The van der Waals surface area contributed by atoms with E-state index in [1.165, 1.54) is 0 Å². The Morgan fingerprint density at radius 2 is 2.05 bits per heavy atom. The second kappa shape index (κ2) is 7.20. The molecule has 5 nitrogen and oxygen atoms in total. The minimum absolute atomic E-state index is 0. The van der Waals surface area contributed by atoms with Crippen LogP contribution in [-0.4, -0.2) is 43.2 Å². The van der Waals surface area contributed by atoms with E-state index in [4.69, 9.17) is 15.2 Å². The van der Waals surface area contributed by atoms with Crippen molar-refractivity contribution in [3.05, 3.63) is 23.8 Å². The maximum atomic E-state index is 12.6. The first kappa shape index (κ1) is 16.9. The quantitative estimate of drug-likeness (QED) is 0.903. The average molecular weight is 327 g/mol. The van der Waals surface area contributed by atoms with E-state index in [9.17, 15) is 4.79 Å². The highest BCUT2D eigenvalue weighted by molar-refractivity contribution is 5.95. The number of likely N-dealkylation sites (tertiary alicyclic amines) is 1. The van der Waals surface area contributed by atoms with Gasteiger partial charge >= 0.3 is 0 Å². The van der Waals surface area contributed by atoms with Crippen LogP contribution in [0, 0.1) is 5.92 Å². The second-order valence-corrected chi connectivity index (χ2v) is 5.87. The molecule has 0 aromatic heterocycles. The third-order valence-electron chi connectivity index (χ3n) is 4.28. The summed E-state index contributed by atoms with van der Waals surface area (Å²) in [6.45, 7) is 4.65. The highest BCUT2D eigenvalue weighted by atomic mass is 35.5. The summed E-state index contributed by atoms with van der Waals surface area (Å²) in [5.74, 6) is 1.81. The number of hydrogen-bond acceptors (Lipinski definition) is 4. The Morgan fingerprint density at radius 3 is 2.77 bits per heavy atom. The molecule has 122 valence electrons. The van der Waals surface area contributed by atoms with Crippen LogP contribution in [-0.2, 0) is 0 Å². The Labute approximate surface area is 137 Å². The molecule has 1 fully saturated rings. The number of piperidine rings is 1. The van der Waals surface area contributed by atoms with Gasteiger partial charge in [0.2, 0.25) is 0 Å². The number of fused-ring (bicyclic) bond motifs is 1. The first-order chi connectivity index (χ1) is 10.1. The molecule has 3 rings (SSSR count). The number of carbonyl (C=O) groups excluding carboxylic acids is 1. The summed E-state index contributed by atoms with van der Waals surface area (Å²) in [5, 5.41) is 0. The van der Waals surface area contributed by atoms with Crippen LogP contribution >= 0.6 is 12.4 Å². The van der Waals surface area contributed by atoms with Gasteiger partial charge in [0.1, 0.15) is 13.2 Å². The minimum atomic E-state index is 0. The third-order valence-corrected chi connectivity index (χ3v) is 4.28. The number of rotatable bonds is 2. The molecular weight excluding hydrogens is 304 g/mol. The van der Waals surface area contributed by atoms with Gasteiger partial charge in [-0.05, 0) is 43.9 Å². The van der Waals surface area contributed by atoms with Crippen LogP contribution in [0.3, 0.4) is 0 Å². The molecular formula is C16H23ClN2O3. The first-order valence-corrected chi connectivity index (χ1v) is 7.59. The van der Waals surface area contributed by atoms with Gasteiger partial charge in [-0.1, -0.05) is 0 Å². The Hall–Kier alpha value is -1.46. The number of nitrogens with two attached hydrogens (primary N) is 1. The summed E-state index contributed by atoms with van der Waals surface area (Å²) in [4.78, 5) is 14.5. The van der Waals surface area contributed by atoms with Crippen molar-refractivity contribution in [2.24, 2.45) is 11.7 Å². The number of hydrogen-bond donors (Lipinski definition) is 1. The van der Waals surface area contributed by atoms with Gasteiger partial charge < -0.3 is 20.1 Å². The number of ether oxygens (including phenoxy) is 2. The molecule has 6 heteroatoms. The third kappa shape index (κ3) is 3.47. The molecule has 22 heavy (non-hydrogen) atoms. The molecule has 0 bridgehead atoms. The smallest absolute Gasteiger partial charge is 0.254 e. The van der Waals surface area contributed by atoms with Gasteiger partial charge in [-0.3, -0.25) is 4.79 Å². The highest BCUT2D eigenvalue weighted by Crippen LogP contribution is 2.31. The molecule has 2 unspecified atom stereocenters. The fraction of sp³-hybridized carbons (Fsp3) is 0.562. The van der Waals surface area contributed by atoms with Gasteiger partial charge in [-0.25, -0.2) is 0 Å². The predicted molar refractivity (Wildman–Crippen MR) is 87.0 cm³/mol. The topological polar surface area (TPSA) is 64.8 Å². The summed E-state index contributed by atoms with van der Waals surface area (Å²) < 4.78 is 11.0. The summed E-state index contributed by atoms with van der Waals surface area (Å²) >= 11 is 0. The monoisotopic (exact) mass is 326 g/mol. The van der Waals surface area contributed by atoms with Crippen molar-refractivity contribution < 1.29 is 14.3 Å². The normalized spacial score (nSPS) is 21.7. The Kier molecular flexibility index (Phi) is 5.53. The second-order valence-electron chi connectivity index (χ2n) is 5.87. The fourth-order valence-electron chi connectivity index (χ4n) is 2.98. The van der Waals surface area contributed by atoms with Crippen LogP contribution in [0.5, 0.6) is 11.5 Å². The lowest BCUT2D eigenvalue weighted by molar-refractivity contribution is 0.0660. The maximum absolute atomic E-state index is 12.6. The van der Waals surface area contributed by atoms with Crippen LogP contribution in [0.25, 0.3) is 0 Å². The Morgan fingerprint density at radius 1 is 1.32 bits per heavy atom. The number of amides is 1. The zero-order valence-electron chi connectivity index (χ0n) is 12.8. The van der Waals surface area contributed by atoms with E-state index in [-0.39, 0.29) is 24.4 Å². The van der Waals surface area contributed by atoms with Gasteiger partial charge in [-0.2, -0.15) is 0 Å². The van der Waals surface area contributed by atoms with Crippen molar-refractivity contribution in [1.29, 1.82) is 0 Å². The zero-order chi connectivity index (χ0) is 14.8. The SMILES string of the molecule is CC(N)C1CCCN(C(=O)c2ccc3c(c2)OCCO3)C1.Cl. The fourth-order valence-corrected chi connectivity index (χ4v) is 2.98. The highest BCUT2D eigenvalue weighted by Gasteiger charge is 2.27. The van der Waals surface area contributed by atoms with Crippen LogP contribution in [0.4, 0.5) is 0 Å². The molecule has 0 spiro atoms. The van der Waals surface area contributed by atoms with Crippen molar-refractivity contribution in [2.45, 2.75) is 25.8 Å². The van der Waals surface area contributed by atoms with Gasteiger partial charge in [-0.15, -0.1) is 12.4 Å². The van der Waals surface area contributed by atoms with Crippen LogP contribution < -0.4 is 15.2 Å². The van der Waals surface area contributed by atoms with E-state index in [0.29, 0.717) is 36.2 Å². The largest absolute Gasteiger partial charge is 0.486 e. The van der Waals surface area contributed by atoms with Gasteiger partial charge in [0.05, 0.1) is 0 Å². The van der Waals surface area contributed by atoms with Crippen LogP contribution in [0.15, 0.2) is 18.2 Å². The van der Waals surface area contributed by atoms with Crippen molar-refractivity contribution in [3.63, 3.8) is 0 Å². The molecule has 1 aromatic carbocycles. The van der Waals surface area contributed by atoms with E-state index < -0.39 is 0 Å². The van der Waals surface area contributed by atoms with Gasteiger partial charge in [0.15, 0.2) is 11.5 Å². The lowest BCUT2D eigenvalue weighted by Gasteiger charge is -2.34. The van der Waals surface area contributed by atoms with E-state index >= 15 is 0 Å². The van der Waals surface area contributed by atoms with Crippen molar-refractivity contribution in [3.8, 4) is 11.5 Å². The van der Waals surface area contributed by atoms with Crippen molar-refractivity contribution >= 4 is 18.3 Å². The van der Waals surface area contributed by atoms with Gasteiger partial charge in [0.25, 0.3) is 5.91 Å². The maximum Gasteiger partial charge on any atom is 0.254 e. The molecule has 1 saturated heterocycles. The summed E-state index contributed by atoms with van der Waals surface area (Å²) in [5.41, 5.74) is 6.64.